The second-order valence-corrected chi connectivity index (χ2v) is 8.73. The van der Waals surface area contributed by atoms with Gasteiger partial charge in [0.2, 0.25) is 0 Å². The van der Waals surface area contributed by atoms with Crippen LogP contribution in [0.3, 0.4) is 0 Å². The third-order valence-electron chi connectivity index (χ3n) is 4.66. The third kappa shape index (κ3) is 4.68. The maximum atomic E-state index is 12.7. The van der Waals surface area contributed by atoms with E-state index in [1.54, 1.807) is 4.31 Å². The summed E-state index contributed by atoms with van der Waals surface area (Å²) in [6, 6.07) is 5.82. The lowest BCUT2D eigenvalue weighted by Crippen LogP contribution is -2.54. The molecule has 9 heteroatoms. The zero-order valence-corrected chi connectivity index (χ0v) is 16.6. The molecule has 3 rings (SSSR count). The number of piperazine rings is 1. The van der Waals surface area contributed by atoms with Crippen LogP contribution in [0.2, 0.25) is 5.02 Å². The van der Waals surface area contributed by atoms with Crippen LogP contribution in [0.15, 0.2) is 18.2 Å². The fraction of sp³-hybridized carbons (Fsp3) is 0.647. The van der Waals surface area contributed by atoms with Crippen molar-refractivity contribution >= 4 is 21.8 Å². The highest BCUT2D eigenvalue weighted by atomic mass is 35.5. The first-order valence-corrected chi connectivity index (χ1v) is 10.7. The van der Waals surface area contributed by atoms with E-state index in [0.29, 0.717) is 69.9 Å². The van der Waals surface area contributed by atoms with Crippen molar-refractivity contribution in [2.75, 3.05) is 59.1 Å². The Balaban J connectivity index is 1.54. The molecule has 0 bridgehead atoms. The van der Waals surface area contributed by atoms with Gasteiger partial charge in [0.05, 0.1) is 24.8 Å². The lowest BCUT2D eigenvalue weighted by Gasteiger charge is -2.37. The number of nitrogens with zero attached hydrogens (tertiary/aromatic N) is 3. The molecule has 0 atom stereocenters. The van der Waals surface area contributed by atoms with Crippen LogP contribution in [0, 0.1) is 0 Å². The Morgan fingerprint density at radius 1 is 1.08 bits per heavy atom. The van der Waals surface area contributed by atoms with Crippen LogP contribution in [-0.2, 0) is 21.5 Å². The van der Waals surface area contributed by atoms with E-state index in [-0.39, 0.29) is 0 Å². The molecule has 2 saturated heterocycles. The van der Waals surface area contributed by atoms with E-state index < -0.39 is 10.2 Å². The van der Waals surface area contributed by atoms with Gasteiger partial charge in [-0.2, -0.15) is 17.0 Å². The molecule has 2 heterocycles. The molecule has 1 aromatic carbocycles. The highest BCUT2D eigenvalue weighted by Gasteiger charge is 2.33. The van der Waals surface area contributed by atoms with Crippen LogP contribution in [0.1, 0.15) is 12.5 Å². The fourth-order valence-corrected chi connectivity index (χ4v) is 5.05. The van der Waals surface area contributed by atoms with Crippen molar-refractivity contribution in [3.8, 4) is 5.75 Å². The van der Waals surface area contributed by atoms with E-state index in [2.05, 4.69) is 4.90 Å². The summed E-state index contributed by atoms with van der Waals surface area (Å²) in [6.07, 6.45) is 0. The topological polar surface area (TPSA) is 62.3 Å². The first-order chi connectivity index (χ1) is 12.5. The van der Waals surface area contributed by atoms with Gasteiger partial charge in [-0.25, -0.2) is 0 Å². The molecule has 1 aromatic rings. The van der Waals surface area contributed by atoms with Gasteiger partial charge in [0.25, 0.3) is 10.2 Å². The van der Waals surface area contributed by atoms with Crippen molar-refractivity contribution in [2.45, 2.75) is 13.5 Å². The number of hydrogen-bond donors (Lipinski definition) is 0. The second-order valence-electron chi connectivity index (χ2n) is 6.39. The molecule has 0 unspecified atom stereocenters. The van der Waals surface area contributed by atoms with Gasteiger partial charge in [0.1, 0.15) is 5.75 Å². The Morgan fingerprint density at radius 3 is 2.35 bits per heavy atom. The summed E-state index contributed by atoms with van der Waals surface area (Å²) in [4.78, 5) is 2.25. The van der Waals surface area contributed by atoms with Crippen molar-refractivity contribution in [3.63, 3.8) is 0 Å². The van der Waals surface area contributed by atoms with Crippen LogP contribution in [0.4, 0.5) is 0 Å². The molecule has 0 aliphatic carbocycles. The first-order valence-electron chi connectivity index (χ1n) is 8.97. The Hall–Kier alpha value is -0.900. The summed E-state index contributed by atoms with van der Waals surface area (Å²) < 4.78 is 39.2. The van der Waals surface area contributed by atoms with Gasteiger partial charge in [-0.1, -0.05) is 17.7 Å². The summed E-state index contributed by atoms with van der Waals surface area (Å²) in [6.45, 7) is 7.48. The molecule has 146 valence electrons. The predicted octanol–water partition coefficient (Wildman–Crippen LogP) is 1.43. The predicted molar refractivity (Wildman–Crippen MR) is 101 cm³/mol. The lowest BCUT2D eigenvalue weighted by atomic mass is 10.2. The van der Waals surface area contributed by atoms with Crippen LogP contribution in [0.25, 0.3) is 0 Å². The summed E-state index contributed by atoms with van der Waals surface area (Å²) in [7, 11) is -3.38. The van der Waals surface area contributed by atoms with Crippen LogP contribution < -0.4 is 4.74 Å². The molecule has 0 saturated carbocycles. The molecule has 0 amide bonds. The van der Waals surface area contributed by atoms with Gasteiger partial charge in [0.15, 0.2) is 0 Å². The maximum absolute atomic E-state index is 12.7. The smallest absolute Gasteiger partial charge is 0.282 e. The summed E-state index contributed by atoms with van der Waals surface area (Å²) in [5.74, 6) is 0.694. The highest BCUT2D eigenvalue weighted by Crippen LogP contribution is 2.26. The zero-order chi connectivity index (χ0) is 18.6. The maximum Gasteiger partial charge on any atom is 0.282 e. The molecule has 26 heavy (non-hydrogen) atoms. The van der Waals surface area contributed by atoms with Crippen LogP contribution in [-0.4, -0.2) is 81.0 Å². The molecular formula is C17H26ClN3O4S. The Kier molecular flexibility index (Phi) is 6.76. The molecule has 0 spiro atoms. The van der Waals surface area contributed by atoms with E-state index in [0.717, 1.165) is 12.1 Å². The Labute approximate surface area is 160 Å². The number of morpholine rings is 1. The highest BCUT2D eigenvalue weighted by molar-refractivity contribution is 7.86. The minimum Gasteiger partial charge on any atom is -0.492 e. The number of halogens is 1. The summed E-state index contributed by atoms with van der Waals surface area (Å²) in [5.41, 5.74) is 1.10. The summed E-state index contributed by atoms with van der Waals surface area (Å²) >= 11 is 6.25. The number of benzene rings is 1. The fourth-order valence-electron chi connectivity index (χ4n) is 3.23. The van der Waals surface area contributed by atoms with Crippen molar-refractivity contribution in [2.24, 2.45) is 0 Å². The quantitative estimate of drug-likeness (QED) is 0.719. The van der Waals surface area contributed by atoms with Crippen LogP contribution >= 0.6 is 11.6 Å². The largest absolute Gasteiger partial charge is 0.492 e. The molecule has 0 N–H and O–H groups in total. The Morgan fingerprint density at radius 2 is 1.73 bits per heavy atom. The zero-order valence-electron chi connectivity index (χ0n) is 15.1. The summed E-state index contributed by atoms with van der Waals surface area (Å²) in [5, 5.41) is 0.609. The lowest BCUT2D eigenvalue weighted by molar-refractivity contribution is 0.0684. The number of ether oxygens (including phenoxy) is 2. The average Bonchev–Trinajstić information content (AvgIpc) is 2.65. The number of hydrogen-bond acceptors (Lipinski definition) is 5. The van der Waals surface area contributed by atoms with Crippen molar-refractivity contribution in [1.29, 1.82) is 0 Å². The Bertz CT molecular complexity index is 702. The molecular weight excluding hydrogens is 378 g/mol. The molecule has 0 radical (unpaired) electrons. The number of rotatable bonds is 6. The first kappa shape index (κ1) is 19.9. The van der Waals surface area contributed by atoms with Gasteiger partial charge >= 0.3 is 0 Å². The van der Waals surface area contributed by atoms with Gasteiger partial charge in [0, 0.05) is 45.8 Å². The molecule has 7 nitrogen and oxygen atoms in total. The molecule has 2 aliphatic rings. The minimum absolute atomic E-state index is 0.438. The molecule has 0 aromatic heterocycles. The van der Waals surface area contributed by atoms with Crippen LogP contribution in [0.5, 0.6) is 5.75 Å². The third-order valence-corrected chi connectivity index (χ3v) is 6.99. The second kappa shape index (κ2) is 8.86. The van der Waals surface area contributed by atoms with E-state index in [1.807, 2.05) is 25.1 Å². The SMILES string of the molecule is CCOc1ccc(CN2CCN(S(=O)(=O)N3CCOCC3)CC2)cc1Cl. The molecule has 2 fully saturated rings. The minimum atomic E-state index is -3.38. The van der Waals surface area contributed by atoms with Crippen molar-refractivity contribution in [3.05, 3.63) is 28.8 Å². The van der Waals surface area contributed by atoms with Gasteiger partial charge < -0.3 is 9.47 Å². The van der Waals surface area contributed by atoms with E-state index in [4.69, 9.17) is 21.1 Å². The van der Waals surface area contributed by atoms with Gasteiger partial charge in [-0.15, -0.1) is 0 Å². The van der Waals surface area contributed by atoms with Gasteiger partial charge in [-0.3, -0.25) is 4.90 Å². The average molecular weight is 404 g/mol. The van der Waals surface area contributed by atoms with Crippen molar-refractivity contribution < 1.29 is 17.9 Å². The van der Waals surface area contributed by atoms with E-state index in [1.165, 1.54) is 4.31 Å². The van der Waals surface area contributed by atoms with Gasteiger partial charge in [-0.05, 0) is 24.6 Å². The standard InChI is InChI=1S/C17H26ClN3O4S/c1-2-25-17-4-3-15(13-16(17)18)14-19-5-7-20(8-6-19)26(22,23)21-9-11-24-12-10-21/h3-4,13H,2,5-12,14H2,1H3. The molecule has 2 aliphatic heterocycles. The van der Waals surface area contributed by atoms with E-state index >= 15 is 0 Å². The monoisotopic (exact) mass is 403 g/mol. The normalized spacial score (nSPS) is 21.0. The van der Waals surface area contributed by atoms with E-state index in [9.17, 15) is 8.42 Å². The van der Waals surface area contributed by atoms with Crippen molar-refractivity contribution in [1.82, 2.24) is 13.5 Å².